The molecule has 1 heterocycles. The summed E-state index contributed by atoms with van der Waals surface area (Å²) >= 11 is 1.36. The number of halogens is 2. The van der Waals surface area contributed by atoms with E-state index in [9.17, 15) is 0 Å². The second-order valence-electron chi connectivity index (χ2n) is 15.9. The van der Waals surface area contributed by atoms with Crippen molar-refractivity contribution in [3.8, 4) is 22.3 Å². The van der Waals surface area contributed by atoms with Gasteiger partial charge in [0.05, 0.1) is 0 Å². The molecular weight excluding hydrogens is 841 g/mol. The Kier molecular flexibility index (Phi) is 17.1. The summed E-state index contributed by atoms with van der Waals surface area (Å²) in [7, 11) is 0. The van der Waals surface area contributed by atoms with Gasteiger partial charge in [-0.25, -0.2) is 0 Å². The molecule has 1 atom stereocenters. The van der Waals surface area contributed by atoms with Crippen LogP contribution in [-0.2, 0) is 28.8 Å². The second-order valence-corrected chi connectivity index (χ2v) is 15.9. The fraction of sp³-hybridized carbons (Fsp3) is 0.189. The van der Waals surface area contributed by atoms with Crippen LogP contribution in [0.25, 0.3) is 54.6 Å². The van der Waals surface area contributed by atoms with Gasteiger partial charge in [0.15, 0.2) is 0 Å². The molecule has 58 heavy (non-hydrogen) atoms. The average molecular weight is 896 g/mol. The van der Waals surface area contributed by atoms with Crippen LogP contribution < -0.4 is 4.90 Å². The zero-order valence-electron chi connectivity index (χ0n) is 35.3. The van der Waals surface area contributed by atoms with Crippen molar-refractivity contribution >= 4 is 69.7 Å². The fourth-order valence-electron chi connectivity index (χ4n) is 7.94. The van der Waals surface area contributed by atoms with E-state index in [2.05, 4.69) is 212 Å². The van der Waals surface area contributed by atoms with Crippen molar-refractivity contribution in [2.75, 3.05) is 4.90 Å². The van der Waals surface area contributed by atoms with Crippen molar-refractivity contribution in [2.45, 2.75) is 59.9 Å². The Morgan fingerprint density at radius 3 is 1.83 bits per heavy atom. The monoisotopic (exact) mass is 893 g/mol. The predicted octanol–water partition coefficient (Wildman–Crippen LogP) is 15.3. The van der Waals surface area contributed by atoms with Gasteiger partial charge in [0.1, 0.15) is 0 Å². The van der Waals surface area contributed by atoms with Crippen molar-refractivity contribution in [1.29, 1.82) is 0 Å². The zero-order chi connectivity index (χ0) is 38.1. The number of rotatable bonds is 4. The van der Waals surface area contributed by atoms with Gasteiger partial charge >= 0.3 is 30.2 Å². The molecule has 0 bridgehead atoms. The summed E-state index contributed by atoms with van der Waals surface area (Å²) in [5.41, 5.74) is 13.2. The molecule has 2 aliphatic rings. The Bertz CT molecular complexity index is 2580. The van der Waals surface area contributed by atoms with E-state index in [1.807, 2.05) is 0 Å². The molecular formula is C53H55Cl2NSiZr-4. The van der Waals surface area contributed by atoms with Crippen LogP contribution in [-0.4, -0.2) is 12.9 Å². The number of benzene rings is 6. The molecule has 2 radical (unpaired) electrons. The topological polar surface area (TPSA) is 3.24 Å². The third-order valence-corrected chi connectivity index (χ3v) is 10.7. The van der Waals surface area contributed by atoms with E-state index in [-0.39, 0.29) is 45.1 Å². The maximum atomic E-state index is 3.56. The van der Waals surface area contributed by atoms with Gasteiger partial charge in [-0.15, -0.1) is 82.7 Å². The molecule has 0 N–H and O–H groups in total. The number of aryl methyl sites for hydroxylation is 1. The third-order valence-electron chi connectivity index (χ3n) is 10.7. The van der Waals surface area contributed by atoms with Crippen molar-refractivity contribution in [3.05, 3.63) is 195 Å². The molecule has 0 aromatic heterocycles. The van der Waals surface area contributed by atoms with Crippen LogP contribution in [0.2, 0.25) is 0 Å². The molecule has 1 nitrogen and oxygen atoms in total. The van der Waals surface area contributed by atoms with Crippen LogP contribution >= 0.6 is 24.8 Å². The summed E-state index contributed by atoms with van der Waals surface area (Å²) in [6, 6.07) is 49.3. The summed E-state index contributed by atoms with van der Waals surface area (Å²) in [6.45, 7) is 18.7. The van der Waals surface area contributed by atoms with Crippen LogP contribution in [0.4, 0.5) is 5.69 Å². The Balaban J connectivity index is 0.000000290. The van der Waals surface area contributed by atoms with E-state index >= 15 is 0 Å². The number of nitrogens with zero attached hydrogens (tertiary/aromatic N) is 1. The quantitative estimate of drug-likeness (QED) is 0.126. The summed E-state index contributed by atoms with van der Waals surface area (Å²) < 4.78 is 0. The molecule has 7 aromatic rings. The molecule has 1 aliphatic carbocycles. The molecule has 7 aromatic carbocycles. The Morgan fingerprint density at radius 1 is 0.690 bits per heavy atom. The van der Waals surface area contributed by atoms with Crippen LogP contribution in [0.5, 0.6) is 0 Å². The van der Waals surface area contributed by atoms with Crippen LogP contribution in [0.1, 0.15) is 52.7 Å². The van der Waals surface area contributed by atoms with E-state index in [0.29, 0.717) is 12.0 Å². The molecule has 1 aliphatic heterocycles. The molecule has 1 unspecified atom stereocenters. The molecule has 298 valence electrons. The summed E-state index contributed by atoms with van der Waals surface area (Å²) in [6.07, 6.45) is 8.18. The van der Waals surface area contributed by atoms with Gasteiger partial charge in [0, 0.05) is 11.7 Å². The minimum absolute atomic E-state index is 0. The van der Waals surface area contributed by atoms with E-state index in [0.717, 1.165) is 0 Å². The fourth-order valence-corrected chi connectivity index (χ4v) is 7.94. The van der Waals surface area contributed by atoms with E-state index in [1.54, 1.807) is 0 Å². The Hall–Kier alpha value is -3.85. The van der Waals surface area contributed by atoms with Crippen LogP contribution in [0.15, 0.2) is 162 Å². The molecule has 9 rings (SSSR count). The number of fused-ring (bicyclic) bond motifs is 4. The molecule has 0 fully saturated rings. The van der Waals surface area contributed by atoms with Gasteiger partial charge in [0.2, 0.25) is 0 Å². The molecule has 0 saturated carbocycles. The van der Waals surface area contributed by atoms with E-state index in [4.69, 9.17) is 0 Å². The minimum atomic E-state index is 0. The summed E-state index contributed by atoms with van der Waals surface area (Å²) in [5, 5.41) is 7.79. The zero-order valence-corrected chi connectivity index (χ0v) is 40.4. The maximum absolute atomic E-state index is 3.56. The number of hydrogen-bond acceptors (Lipinski definition) is 1. The first kappa shape index (κ1) is 48.5. The van der Waals surface area contributed by atoms with E-state index in [1.165, 1.54) is 112 Å². The normalized spacial score (nSPS) is 13.9. The third kappa shape index (κ3) is 9.77. The summed E-state index contributed by atoms with van der Waals surface area (Å²) in [4.78, 5) is 2.42. The van der Waals surface area contributed by atoms with E-state index < -0.39 is 0 Å². The SMILES string of the molecule is CC(C)C1=[C-]C2=CC(C)N(c3ccc(C(C)(C)C)cc3)C2=C1.Cc1cc2c(-c3cccc4ccccc34)cc(-c3cccc4ccccc34)cc2[cH-]1.Cl.Cl.[CH3-].[CH3-].[Si]=[Zr]. The van der Waals surface area contributed by atoms with Crippen molar-refractivity contribution in [1.82, 2.24) is 0 Å². The van der Waals surface area contributed by atoms with Gasteiger partial charge < -0.3 is 19.8 Å². The van der Waals surface area contributed by atoms with Crippen molar-refractivity contribution in [3.63, 3.8) is 0 Å². The van der Waals surface area contributed by atoms with Crippen molar-refractivity contribution < 1.29 is 23.3 Å². The summed E-state index contributed by atoms with van der Waals surface area (Å²) in [5.74, 6) is 0.527. The molecule has 0 saturated heterocycles. The first-order valence-corrected chi connectivity index (χ1v) is 23.1. The first-order valence-electron chi connectivity index (χ1n) is 18.9. The molecule has 0 spiro atoms. The first-order chi connectivity index (χ1) is 26.0. The molecule has 5 heteroatoms. The molecule has 0 amide bonds. The number of hydrogen-bond donors (Lipinski definition) is 0. The number of anilines is 1. The van der Waals surface area contributed by atoms with Gasteiger partial charge in [-0.05, 0) is 68.6 Å². The van der Waals surface area contributed by atoms with Crippen LogP contribution in [0, 0.1) is 33.8 Å². The van der Waals surface area contributed by atoms with Gasteiger partial charge in [-0.2, -0.15) is 6.07 Å². The van der Waals surface area contributed by atoms with Gasteiger partial charge in [-0.1, -0.05) is 161 Å². The Labute approximate surface area is 377 Å². The van der Waals surface area contributed by atoms with Gasteiger partial charge in [-0.3, -0.25) is 0 Å². The van der Waals surface area contributed by atoms with Crippen LogP contribution in [0.3, 0.4) is 0 Å². The number of allylic oxidation sites excluding steroid dienone is 3. The van der Waals surface area contributed by atoms with Gasteiger partial charge in [0.25, 0.3) is 0 Å². The average Bonchev–Trinajstić information content (AvgIpc) is 3.86. The van der Waals surface area contributed by atoms with Crippen molar-refractivity contribution in [2.24, 2.45) is 5.92 Å². The standard InChI is InChI=1S/C30H21.C21H26N.2CH3.2ClH.Si.Zr/c1-20-16-23-18-24(27-14-6-10-21-8-2-4-12-25(21)27)19-30(29(23)17-20)28-15-7-11-22-9-3-5-13-26(22)28;1-14(2)16-12-17-11-15(3)22(20(17)13-16)19-9-7-18(8-10-19)21(4,5)6;;;;;;/h2-19H,1H3;7-11,13-15H,1-6H3;2*1H3;2*1H;;/q4*-1;;;;. The predicted molar refractivity (Wildman–Crippen MR) is 258 cm³/mol. The second kappa shape index (κ2) is 20.4. The Morgan fingerprint density at radius 2 is 1.24 bits per heavy atom.